The van der Waals surface area contributed by atoms with Crippen molar-refractivity contribution in [3.8, 4) is 5.75 Å². The molecule has 0 radical (unpaired) electrons. The molecule has 0 amide bonds. The molecule has 1 N–H and O–H groups in total. The molecule has 2 aliphatic heterocycles. The van der Waals surface area contributed by atoms with Gasteiger partial charge in [0.2, 0.25) is 0 Å². The van der Waals surface area contributed by atoms with Crippen LogP contribution in [-0.4, -0.2) is 73.4 Å². The minimum atomic E-state index is -0.541. The molecule has 1 atom stereocenters. The Hall–Kier alpha value is -1.63. The maximum Gasteiger partial charge on any atom is 0.308 e. The molecule has 0 aromatic heterocycles. The summed E-state index contributed by atoms with van der Waals surface area (Å²) < 4.78 is 10.7. The van der Waals surface area contributed by atoms with Gasteiger partial charge in [-0.2, -0.15) is 0 Å². The minimum Gasteiger partial charge on any atom is -0.491 e. The van der Waals surface area contributed by atoms with E-state index in [4.69, 9.17) is 9.47 Å². The number of rotatable bonds is 8. The number of ether oxygens (including phenoxy) is 2. The number of β-amino-alcohol motifs (C(OH)–C–C–N with tert-alkyl or cyclic N) is 1. The van der Waals surface area contributed by atoms with Gasteiger partial charge in [-0.25, -0.2) is 0 Å². The highest BCUT2D eigenvalue weighted by Crippen LogP contribution is 2.20. The first-order chi connectivity index (χ1) is 13.6. The number of likely N-dealkylation sites (tertiary alicyclic amines) is 2. The summed E-state index contributed by atoms with van der Waals surface area (Å²) in [5.74, 6) is 0.697. The molecular weight excluding hydrogens is 356 g/mol. The van der Waals surface area contributed by atoms with Crippen LogP contribution in [0.1, 0.15) is 37.7 Å². The van der Waals surface area contributed by atoms with E-state index < -0.39 is 6.10 Å². The Bertz CT molecular complexity index is 610. The smallest absolute Gasteiger partial charge is 0.308 e. The third-order valence-corrected chi connectivity index (χ3v) is 5.79. The number of aliphatic hydroxyl groups is 1. The Balaban J connectivity index is 1.39. The molecule has 0 spiro atoms. The van der Waals surface area contributed by atoms with E-state index in [1.807, 2.05) is 12.1 Å². The van der Waals surface area contributed by atoms with E-state index in [9.17, 15) is 9.90 Å². The predicted octanol–water partition coefficient (Wildman–Crippen LogP) is 2.30. The highest BCUT2D eigenvalue weighted by Gasteiger charge is 2.26. The van der Waals surface area contributed by atoms with E-state index in [0.717, 1.165) is 38.2 Å². The van der Waals surface area contributed by atoms with Gasteiger partial charge in [-0.05, 0) is 69.6 Å². The number of hydrogen-bond donors (Lipinski definition) is 1. The lowest BCUT2D eigenvalue weighted by atomic mass is 9.97. The van der Waals surface area contributed by atoms with Crippen molar-refractivity contribution < 1.29 is 19.4 Å². The first kappa shape index (κ1) is 21.1. The van der Waals surface area contributed by atoms with Crippen LogP contribution in [0, 0.1) is 5.92 Å². The van der Waals surface area contributed by atoms with E-state index in [-0.39, 0.29) is 18.5 Å². The van der Waals surface area contributed by atoms with Crippen molar-refractivity contribution in [3.63, 3.8) is 0 Å². The van der Waals surface area contributed by atoms with Crippen molar-refractivity contribution in [2.75, 3.05) is 46.4 Å². The Morgan fingerprint density at radius 1 is 1.14 bits per heavy atom. The number of aliphatic hydroxyl groups excluding tert-OH is 1. The van der Waals surface area contributed by atoms with Crippen molar-refractivity contribution >= 4 is 5.97 Å². The summed E-state index contributed by atoms with van der Waals surface area (Å²) in [6.07, 6.45) is 4.97. The van der Waals surface area contributed by atoms with Crippen molar-refractivity contribution in [1.82, 2.24) is 9.80 Å². The van der Waals surface area contributed by atoms with Crippen LogP contribution >= 0.6 is 0 Å². The molecule has 28 heavy (non-hydrogen) atoms. The van der Waals surface area contributed by atoms with E-state index in [0.29, 0.717) is 6.54 Å². The van der Waals surface area contributed by atoms with Gasteiger partial charge in [0, 0.05) is 13.1 Å². The van der Waals surface area contributed by atoms with Gasteiger partial charge in [0.1, 0.15) is 18.5 Å². The molecule has 2 aliphatic rings. The quantitative estimate of drug-likeness (QED) is 0.688. The molecule has 0 unspecified atom stereocenters. The van der Waals surface area contributed by atoms with Gasteiger partial charge in [0.25, 0.3) is 0 Å². The second-order valence-corrected chi connectivity index (χ2v) is 8.05. The SMILES string of the molecule is COC(=O)C1CCN(C[C@@H](O)COc2cccc(CN3CCCCC3)c2)CC1. The Kier molecular flexibility index (Phi) is 8.13. The number of carbonyl (C=O) groups excluding carboxylic acids is 1. The summed E-state index contributed by atoms with van der Waals surface area (Å²) in [6, 6.07) is 8.21. The molecular formula is C22H34N2O4. The van der Waals surface area contributed by atoms with E-state index in [1.54, 1.807) is 0 Å². The zero-order valence-corrected chi connectivity index (χ0v) is 17.0. The molecule has 1 aromatic carbocycles. The van der Waals surface area contributed by atoms with Crippen molar-refractivity contribution in [2.45, 2.75) is 44.8 Å². The van der Waals surface area contributed by atoms with Gasteiger partial charge in [0.15, 0.2) is 0 Å². The largest absolute Gasteiger partial charge is 0.491 e. The van der Waals surface area contributed by atoms with Crippen LogP contribution in [0.4, 0.5) is 0 Å². The molecule has 0 aliphatic carbocycles. The highest BCUT2D eigenvalue weighted by atomic mass is 16.5. The second kappa shape index (κ2) is 10.8. The number of nitrogens with zero attached hydrogens (tertiary/aromatic N) is 2. The average molecular weight is 391 g/mol. The number of carbonyl (C=O) groups is 1. The van der Waals surface area contributed by atoms with Gasteiger partial charge in [-0.1, -0.05) is 18.6 Å². The maximum atomic E-state index is 11.6. The minimum absolute atomic E-state index is 0.00251. The lowest BCUT2D eigenvalue weighted by Crippen LogP contribution is -2.42. The maximum absolute atomic E-state index is 11.6. The number of methoxy groups -OCH3 is 1. The lowest BCUT2D eigenvalue weighted by molar-refractivity contribution is -0.147. The predicted molar refractivity (Wildman–Crippen MR) is 108 cm³/mol. The van der Waals surface area contributed by atoms with Gasteiger partial charge in [-0.15, -0.1) is 0 Å². The van der Waals surface area contributed by atoms with Crippen LogP contribution < -0.4 is 4.74 Å². The van der Waals surface area contributed by atoms with Gasteiger partial charge in [-0.3, -0.25) is 9.69 Å². The molecule has 156 valence electrons. The molecule has 6 nitrogen and oxygen atoms in total. The van der Waals surface area contributed by atoms with Crippen LogP contribution in [0.3, 0.4) is 0 Å². The number of piperidine rings is 2. The summed E-state index contributed by atoms with van der Waals surface area (Å²) >= 11 is 0. The molecule has 1 aromatic rings. The van der Waals surface area contributed by atoms with E-state index in [2.05, 4.69) is 21.9 Å². The normalized spacial score (nSPS) is 20.6. The van der Waals surface area contributed by atoms with E-state index >= 15 is 0 Å². The summed E-state index contributed by atoms with van der Waals surface area (Å²) in [5.41, 5.74) is 1.26. The topological polar surface area (TPSA) is 62.2 Å². The van der Waals surface area contributed by atoms with Gasteiger partial charge in [0.05, 0.1) is 13.0 Å². The monoisotopic (exact) mass is 390 g/mol. The van der Waals surface area contributed by atoms with Gasteiger partial charge >= 0.3 is 5.97 Å². The fourth-order valence-electron chi connectivity index (χ4n) is 4.17. The third-order valence-electron chi connectivity index (χ3n) is 5.79. The first-order valence-corrected chi connectivity index (χ1v) is 10.6. The number of benzene rings is 1. The molecule has 2 heterocycles. The molecule has 6 heteroatoms. The summed E-state index contributed by atoms with van der Waals surface area (Å²) in [5, 5.41) is 10.3. The fourth-order valence-corrected chi connectivity index (χ4v) is 4.17. The lowest BCUT2D eigenvalue weighted by Gasteiger charge is -2.31. The van der Waals surface area contributed by atoms with Crippen LogP contribution in [0.25, 0.3) is 0 Å². The van der Waals surface area contributed by atoms with Crippen molar-refractivity contribution in [3.05, 3.63) is 29.8 Å². The average Bonchev–Trinajstić information content (AvgIpc) is 2.73. The van der Waals surface area contributed by atoms with E-state index in [1.165, 1.54) is 45.0 Å². The van der Waals surface area contributed by atoms with Crippen LogP contribution in [-0.2, 0) is 16.1 Å². The zero-order valence-electron chi connectivity index (χ0n) is 17.0. The summed E-state index contributed by atoms with van der Waals surface area (Å²) in [4.78, 5) is 16.3. The molecule has 2 saturated heterocycles. The molecule has 0 bridgehead atoms. The first-order valence-electron chi connectivity index (χ1n) is 10.6. The van der Waals surface area contributed by atoms with Crippen LogP contribution in [0.15, 0.2) is 24.3 Å². The van der Waals surface area contributed by atoms with Crippen LogP contribution in [0.5, 0.6) is 5.75 Å². The van der Waals surface area contributed by atoms with Crippen molar-refractivity contribution in [1.29, 1.82) is 0 Å². The van der Waals surface area contributed by atoms with Crippen LogP contribution in [0.2, 0.25) is 0 Å². The number of esters is 1. The molecule has 0 saturated carbocycles. The van der Waals surface area contributed by atoms with Crippen molar-refractivity contribution in [2.24, 2.45) is 5.92 Å². The Morgan fingerprint density at radius 2 is 1.89 bits per heavy atom. The summed E-state index contributed by atoms with van der Waals surface area (Å²) in [7, 11) is 1.44. The van der Waals surface area contributed by atoms with Gasteiger partial charge < -0.3 is 19.5 Å². The zero-order chi connectivity index (χ0) is 19.8. The molecule has 3 rings (SSSR count). The third kappa shape index (κ3) is 6.47. The Labute approximate surface area is 168 Å². The highest BCUT2D eigenvalue weighted by molar-refractivity contribution is 5.72. The molecule has 2 fully saturated rings. The number of hydrogen-bond acceptors (Lipinski definition) is 6. The second-order valence-electron chi connectivity index (χ2n) is 8.05. The standard InChI is InChI=1S/C22H34N2O4/c1-27-22(26)19-8-12-24(13-9-19)16-20(25)17-28-21-7-5-6-18(14-21)15-23-10-3-2-4-11-23/h5-7,14,19-20,25H,2-4,8-13,15-17H2,1H3/t20-/m1/s1. The Morgan fingerprint density at radius 3 is 2.61 bits per heavy atom. The fraction of sp³-hybridized carbons (Fsp3) is 0.682. The summed E-state index contributed by atoms with van der Waals surface area (Å²) in [6.45, 7) is 5.79.